The molecule has 0 aliphatic heterocycles. The number of fused-ring (bicyclic) bond motifs is 1. The molecular weight excluding hydrogens is 217 g/mol. The number of nitrogens with one attached hydrogen (secondary N) is 1. The van der Waals surface area contributed by atoms with Crippen molar-refractivity contribution in [3.63, 3.8) is 0 Å². The molecule has 0 radical (unpaired) electrons. The normalized spacial score (nSPS) is 10.8. The van der Waals surface area contributed by atoms with Crippen LogP contribution in [0.2, 0.25) is 0 Å². The van der Waals surface area contributed by atoms with E-state index in [1.54, 1.807) is 10.8 Å². The summed E-state index contributed by atoms with van der Waals surface area (Å²) >= 11 is 4.97. The van der Waals surface area contributed by atoms with Gasteiger partial charge in [-0.25, -0.2) is 9.37 Å². The van der Waals surface area contributed by atoms with Crippen LogP contribution in [0.3, 0.4) is 0 Å². The minimum atomic E-state index is -0.585. The third-order valence-corrected chi connectivity index (χ3v) is 2.42. The number of hydrogen-bond acceptors (Lipinski definition) is 3. The predicted molar refractivity (Wildman–Crippen MR) is 56.8 cm³/mol. The number of nitrogens with zero attached hydrogens (tertiary/aromatic N) is 2. The maximum Gasteiger partial charge on any atom is 0.252 e. The molecule has 6 heteroatoms. The van der Waals surface area contributed by atoms with Gasteiger partial charge in [-0.1, -0.05) is 0 Å². The van der Waals surface area contributed by atoms with Gasteiger partial charge in [-0.15, -0.1) is 0 Å². The summed E-state index contributed by atoms with van der Waals surface area (Å²) in [5.41, 5.74) is -0.328. The van der Waals surface area contributed by atoms with Gasteiger partial charge in [-0.2, -0.15) is 0 Å². The van der Waals surface area contributed by atoms with Gasteiger partial charge in [-0.3, -0.25) is 4.79 Å². The Kier molecular flexibility index (Phi) is 2.36. The van der Waals surface area contributed by atoms with Crippen molar-refractivity contribution in [1.82, 2.24) is 14.5 Å². The molecular formula is C9H8FN3OS. The van der Waals surface area contributed by atoms with Gasteiger partial charge in [0.15, 0.2) is 0 Å². The third kappa shape index (κ3) is 1.68. The van der Waals surface area contributed by atoms with Gasteiger partial charge in [0.05, 0.1) is 5.39 Å². The van der Waals surface area contributed by atoms with E-state index in [-0.39, 0.29) is 11.0 Å². The van der Waals surface area contributed by atoms with Crippen molar-refractivity contribution in [2.45, 2.75) is 13.5 Å². The quantitative estimate of drug-likeness (QED) is 0.750. The minimum Gasteiger partial charge on any atom is -0.323 e. The van der Waals surface area contributed by atoms with Gasteiger partial charge in [0.25, 0.3) is 5.56 Å². The summed E-state index contributed by atoms with van der Waals surface area (Å²) in [5, 5.41) is 0.269. The summed E-state index contributed by atoms with van der Waals surface area (Å²) in [6.45, 7) is 2.49. The zero-order valence-corrected chi connectivity index (χ0v) is 8.77. The van der Waals surface area contributed by atoms with Crippen molar-refractivity contribution >= 4 is 23.3 Å². The monoisotopic (exact) mass is 225 g/mol. The molecule has 0 aromatic carbocycles. The van der Waals surface area contributed by atoms with E-state index < -0.39 is 11.4 Å². The number of aromatic nitrogens is 3. The second-order valence-corrected chi connectivity index (χ2v) is 3.42. The molecule has 0 unspecified atom stereocenters. The van der Waals surface area contributed by atoms with Crippen molar-refractivity contribution in [2.75, 3.05) is 0 Å². The van der Waals surface area contributed by atoms with Gasteiger partial charge in [0.1, 0.15) is 11.5 Å². The Morgan fingerprint density at radius 1 is 1.67 bits per heavy atom. The molecule has 0 aliphatic rings. The van der Waals surface area contributed by atoms with Gasteiger partial charge < -0.3 is 9.55 Å². The Labute approximate surface area is 89.4 Å². The van der Waals surface area contributed by atoms with Crippen molar-refractivity contribution in [3.8, 4) is 0 Å². The highest BCUT2D eigenvalue weighted by atomic mass is 32.1. The number of H-pyrrole nitrogens is 1. The molecule has 0 amide bonds. The van der Waals surface area contributed by atoms with E-state index in [4.69, 9.17) is 12.2 Å². The topological polar surface area (TPSA) is 50.7 Å². The lowest BCUT2D eigenvalue weighted by Gasteiger charge is -2.04. The molecule has 0 spiro atoms. The Bertz CT molecular complexity index is 631. The summed E-state index contributed by atoms with van der Waals surface area (Å²) in [4.78, 5) is 17.4. The van der Waals surface area contributed by atoms with Gasteiger partial charge >= 0.3 is 0 Å². The molecule has 0 saturated carbocycles. The van der Waals surface area contributed by atoms with Crippen molar-refractivity contribution in [3.05, 3.63) is 33.2 Å². The number of halogens is 1. The van der Waals surface area contributed by atoms with Crippen LogP contribution in [0.15, 0.2) is 17.1 Å². The van der Waals surface area contributed by atoms with E-state index in [1.807, 2.05) is 6.92 Å². The third-order valence-electron chi connectivity index (χ3n) is 2.09. The van der Waals surface area contributed by atoms with Crippen molar-refractivity contribution in [2.24, 2.45) is 0 Å². The minimum absolute atomic E-state index is 0.190. The van der Waals surface area contributed by atoms with Gasteiger partial charge in [0, 0.05) is 18.8 Å². The fourth-order valence-electron chi connectivity index (χ4n) is 1.33. The highest BCUT2D eigenvalue weighted by Crippen LogP contribution is 2.10. The fourth-order valence-corrected chi connectivity index (χ4v) is 1.61. The van der Waals surface area contributed by atoms with Crippen LogP contribution in [0.1, 0.15) is 6.92 Å². The van der Waals surface area contributed by atoms with Crippen molar-refractivity contribution < 1.29 is 4.39 Å². The average Bonchev–Trinajstić information content (AvgIpc) is 2.16. The molecule has 2 aromatic rings. The average molecular weight is 225 g/mol. The van der Waals surface area contributed by atoms with E-state index in [0.29, 0.717) is 11.3 Å². The lowest BCUT2D eigenvalue weighted by molar-refractivity contribution is 0.631. The largest absolute Gasteiger partial charge is 0.323 e. The lowest BCUT2D eigenvalue weighted by Crippen LogP contribution is -2.09. The van der Waals surface area contributed by atoms with Crippen LogP contribution in [0.25, 0.3) is 11.0 Å². The van der Waals surface area contributed by atoms with E-state index in [2.05, 4.69) is 9.97 Å². The predicted octanol–water partition coefficient (Wildman–Crippen LogP) is 1.61. The first-order chi connectivity index (χ1) is 7.11. The maximum absolute atomic E-state index is 13.4. The molecule has 0 saturated heterocycles. The smallest absolute Gasteiger partial charge is 0.252 e. The molecule has 15 heavy (non-hydrogen) atoms. The molecule has 0 aliphatic carbocycles. The van der Waals surface area contributed by atoms with Gasteiger partial charge in [0.2, 0.25) is 4.77 Å². The van der Waals surface area contributed by atoms with Crippen LogP contribution >= 0.6 is 12.2 Å². The van der Waals surface area contributed by atoms with E-state index >= 15 is 0 Å². The van der Waals surface area contributed by atoms with E-state index in [1.165, 1.54) is 0 Å². The zero-order chi connectivity index (χ0) is 11.0. The van der Waals surface area contributed by atoms with E-state index in [0.717, 1.165) is 6.07 Å². The number of pyridine rings is 1. The summed E-state index contributed by atoms with van der Waals surface area (Å²) in [7, 11) is 0. The number of rotatable bonds is 1. The van der Waals surface area contributed by atoms with E-state index in [9.17, 15) is 9.18 Å². The van der Waals surface area contributed by atoms with Crippen LogP contribution in [-0.2, 0) is 6.54 Å². The molecule has 2 aromatic heterocycles. The first kappa shape index (κ1) is 9.97. The fraction of sp³-hybridized carbons (Fsp3) is 0.222. The van der Waals surface area contributed by atoms with Crippen LogP contribution in [-0.4, -0.2) is 14.5 Å². The standard InChI is InChI=1S/C9H8FN3OS/c1-2-13-4-5-6(10)3-7(14)11-8(5)12-9(13)15/h3-4H,2H2,1H3,(H,11,12,14,15). The molecule has 4 nitrogen and oxygen atoms in total. The Morgan fingerprint density at radius 2 is 2.40 bits per heavy atom. The summed E-state index contributed by atoms with van der Waals surface area (Å²) in [6, 6.07) is 0.896. The Balaban J connectivity index is 2.94. The first-order valence-corrected chi connectivity index (χ1v) is 4.82. The second kappa shape index (κ2) is 3.54. The molecule has 0 bridgehead atoms. The van der Waals surface area contributed by atoms with Gasteiger partial charge in [-0.05, 0) is 19.1 Å². The summed E-state index contributed by atoms with van der Waals surface area (Å²) in [6.07, 6.45) is 1.55. The van der Waals surface area contributed by atoms with Crippen LogP contribution in [0.4, 0.5) is 4.39 Å². The van der Waals surface area contributed by atoms with Crippen LogP contribution in [0.5, 0.6) is 0 Å². The summed E-state index contributed by atoms with van der Waals surface area (Å²) < 4.78 is 15.4. The first-order valence-electron chi connectivity index (χ1n) is 4.42. The Hall–Kier alpha value is -1.56. The SMILES string of the molecule is CCn1cc2c(F)cc(=O)[nH]c2nc1=S. The second-order valence-electron chi connectivity index (χ2n) is 3.05. The molecule has 0 fully saturated rings. The molecule has 78 valence electrons. The summed E-state index contributed by atoms with van der Waals surface area (Å²) in [5.74, 6) is -0.585. The highest BCUT2D eigenvalue weighted by Gasteiger charge is 2.05. The molecule has 2 rings (SSSR count). The van der Waals surface area contributed by atoms with Crippen LogP contribution < -0.4 is 5.56 Å². The molecule has 2 heterocycles. The van der Waals surface area contributed by atoms with Crippen molar-refractivity contribution in [1.29, 1.82) is 0 Å². The molecule has 0 atom stereocenters. The maximum atomic E-state index is 13.4. The zero-order valence-electron chi connectivity index (χ0n) is 7.95. The highest BCUT2D eigenvalue weighted by molar-refractivity contribution is 7.71. The lowest BCUT2D eigenvalue weighted by atomic mass is 10.3. The number of hydrogen-bond donors (Lipinski definition) is 1. The number of aryl methyl sites for hydroxylation is 1. The van der Waals surface area contributed by atoms with Crippen LogP contribution in [0, 0.1) is 10.6 Å². The molecule has 1 N–H and O–H groups in total. The Morgan fingerprint density at radius 3 is 3.07 bits per heavy atom. The number of aromatic amines is 1.